The van der Waals surface area contributed by atoms with Crippen molar-refractivity contribution in [2.45, 2.75) is 5.60 Å². The zero-order chi connectivity index (χ0) is 11.1. The van der Waals surface area contributed by atoms with Crippen molar-refractivity contribution >= 4 is 15.9 Å². The second-order valence-electron chi connectivity index (χ2n) is 3.61. The molecule has 1 aromatic carbocycles. The Bertz CT molecular complexity index is 390. The Morgan fingerprint density at radius 3 is 2.60 bits per heavy atom. The first kappa shape index (κ1) is 10.7. The fourth-order valence-corrected chi connectivity index (χ4v) is 2.32. The van der Waals surface area contributed by atoms with Gasteiger partial charge in [-0.3, -0.25) is 0 Å². The fourth-order valence-electron chi connectivity index (χ4n) is 1.62. The molecular weight excluding hydrogens is 262 g/mol. The van der Waals surface area contributed by atoms with Crippen LogP contribution < -0.4 is 10.1 Å². The number of phenolic OH excluding ortho intramolecular Hbond substituents is 1. The topological polar surface area (TPSA) is 61.7 Å². The smallest absolute Gasteiger partial charge is 0.172 e. The molecule has 0 aliphatic carbocycles. The SMILES string of the molecule is COc1ccc(C2(O)CNC2)c(Br)c1O. The molecule has 0 saturated carbocycles. The second kappa shape index (κ2) is 3.66. The molecule has 0 amide bonds. The van der Waals surface area contributed by atoms with E-state index in [0.717, 1.165) is 0 Å². The van der Waals surface area contributed by atoms with Crippen molar-refractivity contribution < 1.29 is 14.9 Å². The lowest BCUT2D eigenvalue weighted by Gasteiger charge is -2.38. The summed E-state index contributed by atoms with van der Waals surface area (Å²) in [5.41, 5.74) is -0.206. The van der Waals surface area contributed by atoms with Crippen LogP contribution in [0.25, 0.3) is 0 Å². The Kier molecular flexibility index (Phi) is 2.62. The minimum Gasteiger partial charge on any atom is -0.503 e. The summed E-state index contributed by atoms with van der Waals surface area (Å²) >= 11 is 3.26. The Hall–Kier alpha value is -0.780. The van der Waals surface area contributed by atoms with Gasteiger partial charge >= 0.3 is 0 Å². The van der Waals surface area contributed by atoms with Crippen LogP contribution in [0.15, 0.2) is 16.6 Å². The molecule has 1 aliphatic heterocycles. The van der Waals surface area contributed by atoms with E-state index in [0.29, 0.717) is 28.9 Å². The van der Waals surface area contributed by atoms with Gasteiger partial charge in [-0.25, -0.2) is 0 Å². The highest BCUT2D eigenvalue weighted by Crippen LogP contribution is 2.41. The Balaban J connectivity index is 2.46. The maximum atomic E-state index is 10.1. The van der Waals surface area contributed by atoms with Gasteiger partial charge in [-0.1, -0.05) is 6.07 Å². The van der Waals surface area contributed by atoms with E-state index in [1.54, 1.807) is 12.1 Å². The number of nitrogens with one attached hydrogen (secondary N) is 1. The van der Waals surface area contributed by atoms with Crippen LogP contribution in [0.5, 0.6) is 11.5 Å². The molecule has 0 unspecified atom stereocenters. The minimum absolute atomic E-state index is 0.0234. The minimum atomic E-state index is -0.886. The summed E-state index contributed by atoms with van der Waals surface area (Å²) in [5.74, 6) is 0.414. The van der Waals surface area contributed by atoms with Crippen molar-refractivity contribution in [1.82, 2.24) is 5.32 Å². The van der Waals surface area contributed by atoms with Gasteiger partial charge in [-0.05, 0) is 22.0 Å². The molecule has 1 heterocycles. The predicted octanol–water partition coefficient (Wildman–Crippen LogP) is 0.954. The predicted molar refractivity (Wildman–Crippen MR) is 59.1 cm³/mol. The third-order valence-corrected chi connectivity index (χ3v) is 3.44. The van der Waals surface area contributed by atoms with Crippen molar-refractivity contribution in [2.24, 2.45) is 0 Å². The van der Waals surface area contributed by atoms with Gasteiger partial charge in [0.25, 0.3) is 0 Å². The largest absolute Gasteiger partial charge is 0.503 e. The molecular formula is C10H12BrNO3. The third-order valence-electron chi connectivity index (χ3n) is 2.64. The summed E-state index contributed by atoms with van der Waals surface area (Å²) in [6, 6.07) is 3.40. The summed E-state index contributed by atoms with van der Waals surface area (Å²) in [7, 11) is 1.49. The Morgan fingerprint density at radius 1 is 1.47 bits per heavy atom. The number of β-amino-alcohol motifs (C(OH)–C–C–N with tert-alkyl or cyclic N) is 1. The summed E-state index contributed by atoms with van der Waals surface area (Å²) in [6.07, 6.45) is 0. The van der Waals surface area contributed by atoms with Gasteiger partial charge in [0.2, 0.25) is 0 Å². The number of rotatable bonds is 2. The maximum Gasteiger partial charge on any atom is 0.172 e. The number of ether oxygens (including phenoxy) is 1. The zero-order valence-corrected chi connectivity index (χ0v) is 9.84. The lowest BCUT2D eigenvalue weighted by atomic mass is 9.88. The first-order valence-corrected chi connectivity index (χ1v) is 5.37. The highest BCUT2D eigenvalue weighted by atomic mass is 79.9. The Labute approximate surface area is 96.0 Å². The van der Waals surface area contributed by atoms with Crippen LogP contribution in [-0.2, 0) is 5.60 Å². The van der Waals surface area contributed by atoms with Gasteiger partial charge in [0.15, 0.2) is 11.5 Å². The second-order valence-corrected chi connectivity index (χ2v) is 4.41. The summed E-state index contributed by atoms with van der Waals surface area (Å²) in [6.45, 7) is 0.995. The number of hydrogen-bond acceptors (Lipinski definition) is 4. The molecule has 1 aliphatic rings. The number of benzene rings is 1. The molecule has 82 valence electrons. The standard InChI is InChI=1S/C10H12BrNO3/c1-15-7-3-2-6(8(11)9(7)13)10(14)4-12-5-10/h2-3,12-14H,4-5H2,1H3. The molecule has 5 heteroatoms. The van der Waals surface area contributed by atoms with Crippen LogP contribution in [0, 0.1) is 0 Å². The number of methoxy groups -OCH3 is 1. The molecule has 4 nitrogen and oxygen atoms in total. The van der Waals surface area contributed by atoms with E-state index < -0.39 is 5.60 Å². The molecule has 15 heavy (non-hydrogen) atoms. The molecule has 0 spiro atoms. The van der Waals surface area contributed by atoms with Crippen molar-refractivity contribution in [2.75, 3.05) is 20.2 Å². The molecule has 1 aromatic rings. The lowest BCUT2D eigenvalue weighted by molar-refractivity contribution is -0.0155. The van der Waals surface area contributed by atoms with Crippen LogP contribution in [0.3, 0.4) is 0 Å². The number of aliphatic hydroxyl groups is 1. The lowest BCUT2D eigenvalue weighted by Crippen LogP contribution is -2.56. The molecule has 0 aromatic heterocycles. The summed E-state index contributed by atoms with van der Waals surface area (Å²) < 4.78 is 5.46. The number of aromatic hydroxyl groups is 1. The maximum absolute atomic E-state index is 10.1. The molecule has 1 saturated heterocycles. The fraction of sp³-hybridized carbons (Fsp3) is 0.400. The summed E-state index contributed by atoms with van der Waals surface area (Å²) in [5, 5.41) is 22.9. The quantitative estimate of drug-likeness (QED) is 0.751. The number of halogens is 1. The zero-order valence-electron chi connectivity index (χ0n) is 8.25. The monoisotopic (exact) mass is 273 g/mol. The normalized spacial score (nSPS) is 18.3. The third kappa shape index (κ3) is 1.60. The van der Waals surface area contributed by atoms with Crippen LogP contribution in [0.2, 0.25) is 0 Å². The van der Waals surface area contributed by atoms with Gasteiger partial charge in [-0.2, -0.15) is 0 Å². The highest BCUT2D eigenvalue weighted by Gasteiger charge is 2.38. The summed E-state index contributed by atoms with van der Waals surface area (Å²) in [4.78, 5) is 0. The number of hydrogen-bond donors (Lipinski definition) is 3. The van der Waals surface area contributed by atoms with Crippen LogP contribution in [0.4, 0.5) is 0 Å². The van der Waals surface area contributed by atoms with Crippen LogP contribution >= 0.6 is 15.9 Å². The van der Waals surface area contributed by atoms with E-state index in [1.807, 2.05) is 0 Å². The van der Waals surface area contributed by atoms with E-state index in [9.17, 15) is 10.2 Å². The molecule has 1 fully saturated rings. The van der Waals surface area contributed by atoms with Crippen molar-refractivity contribution in [3.63, 3.8) is 0 Å². The van der Waals surface area contributed by atoms with Gasteiger partial charge in [0.1, 0.15) is 5.60 Å². The van der Waals surface area contributed by atoms with Crippen LogP contribution in [-0.4, -0.2) is 30.4 Å². The van der Waals surface area contributed by atoms with E-state index in [1.165, 1.54) is 7.11 Å². The van der Waals surface area contributed by atoms with E-state index in [2.05, 4.69) is 21.2 Å². The molecule has 0 atom stereocenters. The van der Waals surface area contributed by atoms with Crippen molar-refractivity contribution in [1.29, 1.82) is 0 Å². The van der Waals surface area contributed by atoms with E-state index in [-0.39, 0.29) is 5.75 Å². The van der Waals surface area contributed by atoms with E-state index in [4.69, 9.17) is 4.74 Å². The van der Waals surface area contributed by atoms with Gasteiger partial charge < -0.3 is 20.3 Å². The first-order chi connectivity index (χ1) is 7.08. The molecule has 3 N–H and O–H groups in total. The average molecular weight is 274 g/mol. The van der Waals surface area contributed by atoms with Crippen molar-refractivity contribution in [3.05, 3.63) is 22.2 Å². The van der Waals surface area contributed by atoms with Gasteiger partial charge in [-0.15, -0.1) is 0 Å². The molecule has 0 radical (unpaired) electrons. The molecule has 2 rings (SSSR count). The molecule has 0 bridgehead atoms. The average Bonchev–Trinajstić information content (AvgIpc) is 2.19. The first-order valence-electron chi connectivity index (χ1n) is 4.57. The van der Waals surface area contributed by atoms with Crippen LogP contribution in [0.1, 0.15) is 5.56 Å². The van der Waals surface area contributed by atoms with E-state index >= 15 is 0 Å². The van der Waals surface area contributed by atoms with Crippen molar-refractivity contribution in [3.8, 4) is 11.5 Å². The van der Waals surface area contributed by atoms with Gasteiger partial charge in [0.05, 0.1) is 11.6 Å². The number of phenols is 1. The Morgan fingerprint density at radius 2 is 2.13 bits per heavy atom. The highest BCUT2D eigenvalue weighted by molar-refractivity contribution is 9.10. The van der Waals surface area contributed by atoms with Gasteiger partial charge in [0, 0.05) is 18.7 Å².